The molecule has 1 aliphatic heterocycles. The summed E-state index contributed by atoms with van der Waals surface area (Å²) in [7, 11) is 0. The number of rotatable bonds is 0. The number of fused-ring (bicyclic) bond motifs is 1. The number of nitrogens with one attached hydrogen (secondary N) is 1. The van der Waals surface area contributed by atoms with E-state index in [1.54, 1.807) is 24.3 Å². The van der Waals surface area contributed by atoms with E-state index in [1.165, 1.54) is 0 Å². The van der Waals surface area contributed by atoms with Crippen molar-refractivity contribution in [1.29, 1.82) is 0 Å². The predicted molar refractivity (Wildman–Crippen MR) is 55.9 cm³/mol. The van der Waals surface area contributed by atoms with Crippen LogP contribution in [0.4, 0.5) is 5.69 Å². The SMILES string of the molecule is Cl.O=C1CCC(=O)c2ccccc2N1. The van der Waals surface area contributed by atoms with Crippen molar-refractivity contribution < 1.29 is 9.59 Å². The van der Waals surface area contributed by atoms with Crippen LogP contribution in [0.25, 0.3) is 0 Å². The third-order valence-electron chi connectivity index (χ3n) is 2.08. The van der Waals surface area contributed by atoms with E-state index in [4.69, 9.17) is 0 Å². The quantitative estimate of drug-likeness (QED) is 0.714. The Balaban J connectivity index is 0.000000980. The zero-order valence-corrected chi connectivity index (χ0v) is 8.26. The molecule has 0 radical (unpaired) electrons. The lowest BCUT2D eigenvalue weighted by molar-refractivity contribution is -0.116. The molecule has 0 saturated carbocycles. The molecule has 1 aromatic rings. The van der Waals surface area contributed by atoms with E-state index in [2.05, 4.69) is 5.32 Å². The molecule has 0 spiro atoms. The van der Waals surface area contributed by atoms with E-state index in [0.717, 1.165) is 0 Å². The van der Waals surface area contributed by atoms with Crippen LogP contribution in [0.5, 0.6) is 0 Å². The molecule has 3 nitrogen and oxygen atoms in total. The average Bonchev–Trinajstić information content (AvgIpc) is 2.27. The summed E-state index contributed by atoms with van der Waals surface area (Å²) in [5, 5.41) is 2.69. The summed E-state index contributed by atoms with van der Waals surface area (Å²) in [5.41, 5.74) is 1.25. The highest BCUT2D eigenvalue weighted by atomic mass is 35.5. The van der Waals surface area contributed by atoms with Crippen LogP contribution in [0.2, 0.25) is 0 Å². The molecule has 1 heterocycles. The molecular formula is C10H10ClNO2. The lowest BCUT2D eigenvalue weighted by Crippen LogP contribution is -2.08. The lowest BCUT2D eigenvalue weighted by Gasteiger charge is -2.03. The lowest BCUT2D eigenvalue weighted by atomic mass is 10.1. The van der Waals surface area contributed by atoms with Crippen LogP contribution < -0.4 is 5.32 Å². The summed E-state index contributed by atoms with van der Waals surface area (Å²) < 4.78 is 0. The van der Waals surface area contributed by atoms with Gasteiger partial charge in [-0.25, -0.2) is 0 Å². The monoisotopic (exact) mass is 211 g/mol. The standard InChI is InChI=1S/C10H9NO2.ClH/c12-9-5-6-10(13)11-8-4-2-1-3-7(8)9;/h1-4H,5-6H2,(H,11,13);1H. The molecular weight excluding hydrogens is 202 g/mol. The second-order valence-corrected chi connectivity index (χ2v) is 3.02. The second-order valence-electron chi connectivity index (χ2n) is 3.02. The first-order chi connectivity index (χ1) is 6.27. The number of amides is 1. The molecule has 1 N–H and O–H groups in total. The van der Waals surface area contributed by atoms with E-state index < -0.39 is 0 Å². The Morgan fingerprint density at radius 3 is 2.57 bits per heavy atom. The number of para-hydroxylation sites is 1. The summed E-state index contributed by atoms with van der Waals surface area (Å²) in [4.78, 5) is 22.6. The first-order valence-corrected chi connectivity index (χ1v) is 4.19. The highest BCUT2D eigenvalue weighted by molar-refractivity contribution is 6.08. The van der Waals surface area contributed by atoms with Gasteiger partial charge in [0.2, 0.25) is 5.91 Å². The molecule has 1 aliphatic rings. The molecule has 0 aliphatic carbocycles. The van der Waals surface area contributed by atoms with E-state index >= 15 is 0 Å². The molecule has 1 amide bonds. The number of anilines is 1. The Morgan fingerprint density at radius 2 is 1.79 bits per heavy atom. The third-order valence-corrected chi connectivity index (χ3v) is 2.08. The largest absolute Gasteiger partial charge is 0.325 e. The fourth-order valence-corrected chi connectivity index (χ4v) is 1.41. The van der Waals surface area contributed by atoms with Gasteiger partial charge in [-0.05, 0) is 12.1 Å². The van der Waals surface area contributed by atoms with Gasteiger partial charge in [0.15, 0.2) is 5.78 Å². The molecule has 0 unspecified atom stereocenters. The first kappa shape index (κ1) is 10.7. The van der Waals surface area contributed by atoms with Gasteiger partial charge < -0.3 is 5.32 Å². The summed E-state index contributed by atoms with van der Waals surface area (Å²) in [6, 6.07) is 7.09. The van der Waals surface area contributed by atoms with Gasteiger partial charge in [0.05, 0.1) is 5.69 Å². The van der Waals surface area contributed by atoms with Gasteiger partial charge in [-0.2, -0.15) is 0 Å². The third kappa shape index (κ3) is 1.93. The number of halogens is 1. The number of carbonyl (C=O) groups is 2. The van der Waals surface area contributed by atoms with Crippen molar-refractivity contribution in [3.8, 4) is 0 Å². The molecule has 0 fully saturated rings. The maximum atomic E-state index is 11.5. The smallest absolute Gasteiger partial charge is 0.224 e. The molecule has 0 aromatic heterocycles. The predicted octanol–water partition coefficient (Wildman–Crippen LogP) is 2.02. The van der Waals surface area contributed by atoms with Gasteiger partial charge in [-0.1, -0.05) is 12.1 Å². The van der Waals surface area contributed by atoms with Crippen molar-refractivity contribution in [2.45, 2.75) is 12.8 Å². The summed E-state index contributed by atoms with van der Waals surface area (Å²) in [6.07, 6.45) is 0.594. The Kier molecular flexibility index (Phi) is 3.25. The van der Waals surface area contributed by atoms with Crippen molar-refractivity contribution in [1.82, 2.24) is 0 Å². The summed E-state index contributed by atoms with van der Waals surface area (Å²) >= 11 is 0. The number of hydrogen-bond donors (Lipinski definition) is 1. The van der Waals surface area contributed by atoms with Crippen molar-refractivity contribution in [3.05, 3.63) is 29.8 Å². The Morgan fingerprint density at radius 1 is 1.07 bits per heavy atom. The van der Waals surface area contributed by atoms with Crippen LogP contribution >= 0.6 is 12.4 Å². The number of hydrogen-bond acceptors (Lipinski definition) is 2. The zero-order valence-electron chi connectivity index (χ0n) is 7.45. The Labute approximate surface area is 87.9 Å². The minimum absolute atomic E-state index is 0. The van der Waals surface area contributed by atoms with E-state index in [-0.39, 0.29) is 30.5 Å². The number of benzene rings is 1. The van der Waals surface area contributed by atoms with Gasteiger partial charge in [-0.15, -0.1) is 12.4 Å². The molecule has 0 saturated heterocycles. The minimum Gasteiger partial charge on any atom is -0.325 e. The first-order valence-electron chi connectivity index (χ1n) is 4.19. The van der Waals surface area contributed by atoms with E-state index in [9.17, 15) is 9.59 Å². The Hall–Kier alpha value is -1.35. The van der Waals surface area contributed by atoms with Crippen molar-refractivity contribution in [2.24, 2.45) is 0 Å². The highest BCUT2D eigenvalue weighted by Gasteiger charge is 2.18. The fourth-order valence-electron chi connectivity index (χ4n) is 1.41. The molecule has 2 rings (SSSR count). The molecule has 4 heteroatoms. The maximum Gasteiger partial charge on any atom is 0.224 e. The minimum atomic E-state index is -0.0849. The summed E-state index contributed by atoms with van der Waals surface area (Å²) in [5.74, 6) is -0.0488. The van der Waals surface area contributed by atoms with Gasteiger partial charge in [-0.3, -0.25) is 9.59 Å². The summed E-state index contributed by atoms with van der Waals surface area (Å²) in [6.45, 7) is 0. The van der Waals surface area contributed by atoms with Crippen LogP contribution in [0.3, 0.4) is 0 Å². The molecule has 74 valence electrons. The van der Waals surface area contributed by atoms with Crippen LogP contribution in [0.1, 0.15) is 23.2 Å². The Bertz CT molecular complexity index is 376. The van der Waals surface area contributed by atoms with Gasteiger partial charge in [0.1, 0.15) is 0 Å². The molecule has 0 atom stereocenters. The van der Waals surface area contributed by atoms with Gasteiger partial charge in [0.25, 0.3) is 0 Å². The molecule has 0 bridgehead atoms. The normalized spacial score (nSPS) is 14.9. The van der Waals surface area contributed by atoms with Crippen molar-refractivity contribution in [3.63, 3.8) is 0 Å². The van der Waals surface area contributed by atoms with E-state index in [0.29, 0.717) is 17.7 Å². The van der Waals surface area contributed by atoms with Crippen LogP contribution in [0, 0.1) is 0 Å². The van der Waals surface area contributed by atoms with Gasteiger partial charge in [0, 0.05) is 18.4 Å². The fraction of sp³-hybridized carbons (Fsp3) is 0.200. The average molecular weight is 212 g/mol. The highest BCUT2D eigenvalue weighted by Crippen LogP contribution is 2.20. The van der Waals surface area contributed by atoms with Crippen molar-refractivity contribution in [2.75, 3.05) is 5.32 Å². The van der Waals surface area contributed by atoms with Gasteiger partial charge >= 0.3 is 0 Å². The number of Topliss-reactive ketones (excluding diaryl/α,β-unsaturated/α-hetero) is 1. The molecule has 1 aromatic carbocycles. The zero-order chi connectivity index (χ0) is 9.26. The number of ketones is 1. The maximum absolute atomic E-state index is 11.5. The van der Waals surface area contributed by atoms with Crippen LogP contribution in [-0.2, 0) is 4.79 Å². The van der Waals surface area contributed by atoms with Crippen LogP contribution in [0.15, 0.2) is 24.3 Å². The van der Waals surface area contributed by atoms with Crippen LogP contribution in [-0.4, -0.2) is 11.7 Å². The van der Waals surface area contributed by atoms with Crippen molar-refractivity contribution >= 4 is 29.8 Å². The topological polar surface area (TPSA) is 46.2 Å². The van der Waals surface area contributed by atoms with E-state index in [1.807, 2.05) is 0 Å². The molecule has 14 heavy (non-hydrogen) atoms. The second kappa shape index (κ2) is 4.24. The number of carbonyl (C=O) groups excluding carboxylic acids is 2.